The molecule has 1 saturated heterocycles. The lowest BCUT2D eigenvalue weighted by atomic mass is 10.1. The van der Waals surface area contributed by atoms with Gasteiger partial charge in [0.1, 0.15) is 24.2 Å². The number of ether oxygens (including phenoxy) is 1. The third-order valence-electron chi connectivity index (χ3n) is 4.79. The van der Waals surface area contributed by atoms with Gasteiger partial charge >= 0.3 is 0 Å². The SMILES string of the molecule is O=C(c1cccc(-n2cnnc2)n1)N1CCO[C@H]2C[C@H](CO)C[C@@H]21. The molecular formula is C16H19N5O3. The van der Waals surface area contributed by atoms with Gasteiger partial charge in [0.25, 0.3) is 5.91 Å². The van der Waals surface area contributed by atoms with Crippen molar-refractivity contribution in [3.63, 3.8) is 0 Å². The van der Waals surface area contributed by atoms with Crippen molar-refractivity contribution >= 4 is 5.91 Å². The predicted octanol–water partition coefficient (Wildman–Crippen LogP) is 0.274. The highest BCUT2D eigenvalue weighted by atomic mass is 16.5. The van der Waals surface area contributed by atoms with Crippen LogP contribution in [0.25, 0.3) is 5.82 Å². The zero-order valence-electron chi connectivity index (χ0n) is 13.2. The second kappa shape index (κ2) is 6.29. The molecule has 1 aliphatic heterocycles. The fourth-order valence-electron chi connectivity index (χ4n) is 3.60. The van der Waals surface area contributed by atoms with E-state index in [0.29, 0.717) is 24.7 Å². The first-order valence-corrected chi connectivity index (χ1v) is 8.11. The third kappa shape index (κ3) is 2.67. The van der Waals surface area contributed by atoms with Crippen LogP contribution in [0.1, 0.15) is 23.3 Å². The molecule has 2 aliphatic rings. The molecule has 3 atom stereocenters. The van der Waals surface area contributed by atoms with Gasteiger partial charge in [0.05, 0.1) is 18.8 Å². The Labute approximate surface area is 139 Å². The number of carbonyl (C=O) groups excluding carboxylic acids is 1. The average Bonchev–Trinajstić information content (AvgIpc) is 3.30. The van der Waals surface area contributed by atoms with Crippen molar-refractivity contribution in [1.82, 2.24) is 24.6 Å². The molecule has 2 aromatic rings. The molecular weight excluding hydrogens is 310 g/mol. The van der Waals surface area contributed by atoms with Gasteiger partial charge in [-0.2, -0.15) is 0 Å². The van der Waals surface area contributed by atoms with Crippen LogP contribution in [0.15, 0.2) is 30.9 Å². The van der Waals surface area contributed by atoms with Gasteiger partial charge in [-0.05, 0) is 30.9 Å². The fourth-order valence-corrected chi connectivity index (χ4v) is 3.60. The van der Waals surface area contributed by atoms with Crippen LogP contribution in [0, 0.1) is 5.92 Å². The minimum absolute atomic E-state index is 0.0147. The molecule has 1 aliphatic carbocycles. The van der Waals surface area contributed by atoms with E-state index in [2.05, 4.69) is 15.2 Å². The van der Waals surface area contributed by atoms with Gasteiger partial charge in [-0.25, -0.2) is 4.98 Å². The molecule has 0 unspecified atom stereocenters. The summed E-state index contributed by atoms with van der Waals surface area (Å²) in [6.45, 7) is 1.21. The van der Waals surface area contributed by atoms with Gasteiger partial charge < -0.3 is 14.7 Å². The Hall–Kier alpha value is -2.32. The van der Waals surface area contributed by atoms with Crippen molar-refractivity contribution in [2.24, 2.45) is 5.92 Å². The van der Waals surface area contributed by atoms with Gasteiger partial charge in [-0.3, -0.25) is 9.36 Å². The lowest BCUT2D eigenvalue weighted by molar-refractivity contribution is -0.0450. The highest BCUT2D eigenvalue weighted by Crippen LogP contribution is 2.34. The number of pyridine rings is 1. The number of morpholine rings is 1. The number of aliphatic hydroxyl groups is 1. The van der Waals surface area contributed by atoms with Gasteiger partial charge in [0, 0.05) is 13.2 Å². The molecule has 0 spiro atoms. The van der Waals surface area contributed by atoms with Gasteiger partial charge in [0.15, 0.2) is 0 Å². The highest BCUT2D eigenvalue weighted by molar-refractivity contribution is 5.92. The minimum Gasteiger partial charge on any atom is -0.396 e. The van der Waals surface area contributed by atoms with E-state index < -0.39 is 0 Å². The van der Waals surface area contributed by atoms with Crippen LogP contribution in [-0.4, -0.2) is 67.6 Å². The molecule has 4 rings (SSSR count). The van der Waals surface area contributed by atoms with E-state index in [0.717, 1.165) is 12.8 Å². The quantitative estimate of drug-likeness (QED) is 0.869. The molecule has 0 radical (unpaired) electrons. The van der Waals surface area contributed by atoms with Crippen molar-refractivity contribution in [2.45, 2.75) is 25.0 Å². The van der Waals surface area contributed by atoms with Crippen LogP contribution in [0.2, 0.25) is 0 Å². The summed E-state index contributed by atoms with van der Waals surface area (Å²) in [5, 5.41) is 16.9. The molecule has 2 aromatic heterocycles. The monoisotopic (exact) mass is 329 g/mol. The zero-order valence-corrected chi connectivity index (χ0v) is 13.2. The number of hydrogen-bond donors (Lipinski definition) is 1. The molecule has 1 saturated carbocycles. The highest BCUT2D eigenvalue weighted by Gasteiger charge is 2.43. The Morgan fingerprint density at radius 3 is 2.92 bits per heavy atom. The van der Waals surface area contributed by atoms with E-state index in [1.165, 1.54) is 0 Å². The van der Waals surface area contributed by atoms with E-state index in [-0.39, 0.29) is 30.6 Å². The number of fused-ring (bicyclic) bond motifs is 1. The van der Waals surface area contributed by atoms with E-state index in [1.54, 1.807) is 35.4 Å². The Bertz CT molecular complexity index is 720. The van der Waals surface area contributed by atoms with Crippen LogP contribution in [-0.2, 0) is 4.74 Å². The lowest BCUT2D eigenvalue weighted by Crippen LogP contribution is -2.51. The molecule has 0 bridgehead atoms. The van der Waals surface area contributed by atoms with Gasteiger partial charge in [0.2, 0.25) is 0 Å². The maximum absolute atomic E-state index is 13.0. The van der Waals surface area contributed by atoms with Crippen LogP contribution in [0.5, 0.6) is 0 Å². The number of hydrogen-bond acceptors (Lipinski definition) is 6. The van der Waals surface area contributed by atoms with E-state index in [9.17, 15) is 9.90 Å². The summed E-state index contributed by atoms with van der Waals surface area (Å²) in [4.78, 5) is 19.3. The second-order valence-electron chi connectivity index (χ2n) is 6.25. The lowest BCUT2D eigenvalue weighted by Gasteiger charge is -2.37. The number of amides is 1. The Morgan fingerprint density at radius 1 is 1.29 bits per heavy atom. The summed E-state index contributed by atoms with van der Waals surface area (Å²) in [6.07, 6.45) is 4.69. The Morgan fingerprint density at radius 2 is 2.12 bits per heavy atom. The Balaban J connectivity index is 1.58. The molecule has 1 N–H and O–H groups in total. The summed E-state index contributed by atoms with van der Waals surface area (Å²) in [6, 6.07) is 5.35. The minimum atomic E-state index is -0.0955. The van der Waals surface area contributed by atoms with Crippen LogP contribution in [0.3, 0.4) is 0 Å². The number of nitrogens with zero attached hydrogens (tertiary/aromatic N) is 5. The molecule has 8 heteroatoms. The maximum atomic E-state index is 13.0. The standard InChI is InChI=1S/C16H19N5O3/c22-8-11-6-13-14(7-11)24-5-4-21(13)16(23)12-2-1-3-15(19-12)20-9-17-18-10-20/h1-3,9-11,13-14,22H,4-8H2/t11-,13+,14+/m1/s1. The molecule has 126 valence electrons. The predicted molar refractivity (Wildman–Crippen MR) is 83.5 cm³/mol. The molecule has 0 aromatic carbocycles. The number of carbonyl (C=O) groups is 1. The fraction of sp³-hybridized carbons (Fsp3) is 0.500. The van der Waals surface area contributed by atoms with Gasteiger partial charge in [-0.15, -0.1) is 10.2 Å². The number of rotatable bonds is 3. The van der Waals surface area contributed by atoms with Crippen molar-refractivity contribution in [3.8, 4) is 5.82 Å². The first-order valence-electron chi connectivity index (χ1n) is 8.11. The molecule has 1 amide bonds. The summed E-state index contributed by atoms with van der Waals surface area (Å²) in [5.41, 5.74) is 0.397. The Kier molecular flexibility index (Phi) is 3.99. The third-order valence-corrected chi connectivity index (χ3v) is 4.79. The smallest absolute Gasteiger partial charge is 0.272 e. The largest absolute Gasteiger partial charge is 0.396 e. The molecule has 3 heterocycles. The second-order valence-corrected chi connectivity index (χ2v) is 6.25. The first-order chi connectivity index (χ1) is 11.8. The maximum Gasteiger partial charge on any atom is 0.272 e. The zero-order chi connectivity index (χ0) is 16.5. The van der Waals surface area contributed by atoms with E-state index >= 15 is 0 Å². The average molecular weight is 329 g/mol. The van der Waals surface area contributed by atoms with Crippen molar-refractivity contribution in [1.29, 1.82) is 0 Å². The number of aliphatic hydroxyl groups excluding tert-OH is 1. The first kappa shape index (κ1) is 15.2. The summed E-state index contributed by atoms with van der Waals surface area (Å²) < 4.78 is 7.45. The number of aromatic nitrogens is 4. The van der Waals surface area contributed by atoms with E-state index in [1.807, 2.05) is 4.90 Å². The van der Waals surface area contributed by atoms with Crippen molar-refractivity contribution < 1.29 is 14.6 Å². The van der Waals surface area contributed by atoms with E-state index in [4.69, 9.17) is 4.74 Å². The topological polar surface area (TPSA) is 93.4 Å². The van der Waals surface area contributed by atoms with Crippen LogP contribution < -0.4 is 0 Å². The summed E-state index contributed by atoms with van der Waals surface area (Å²) in [5.74, 6) is 0.710. The van der Waals surface area contributed by atoms with Crippen LogP contribution >= 0.6 is 0 Å². The molecule has 2 fully saturated rings. The van der Waals surface area contributed by atoms with Gasteiger partial charge in [-0.1, -0.05) is 6.07 Å². The molecule has 24 heavy (non-hydrogen) atoms. The van der Waals surface area contributed by atoms with Crippen molar-refractivity contribution in [2.75, 3.05) is 19.8 Å². The summed E-state index contributed by atoms with van der Waals surface area (Å²) >= 11 is 0. The molecule has 8 nitrogen and oxygen atoms in total. The summed E-state index contributed by atoms with van der Waals surface area (Å²) in [7, 11) is 0. The normalized spacial score (nSPS) is 26.4. The van der Waals surface area contributed by atoms with Crippen molar-refractivity contribution in [3.05, 3.63) is 36.5 Å². The van der Waals surface area contributed by atoms with Crippen LogP contribution in [0.4, 0.5) is 0 Å².